The molecule has 0 aliphatic carbocycles. The van der Waals surface area contributed by atoms with Gasteiger partial charge in [-0.3, -0.25) is 4.79 Å². The smallest absolute Gasteiger partial charge is 0.243 e. The van der Waals surface area contributed by atoms with Crippen LogP contribution in [0.3, 0.4) is 0 Å². The number of rotatable bonds is 8. The monoisotopic (exact) mass is 376 g/mol. The van der Waals surface area contributed by atoms with Crippen LogP contribution in [0.15, 0.2) is 4.99 Å². The molecule has 146 valence electrons. The zero-order valence-electron chi connectivity index (χ0n) is 15.7. The van der Waals surface area contributed by atoms with E-state index in [1.807, 2.05) is 6.92 Å². The second kappa shape index (κ2) is 10.6. The molecule has 2 atom stereocenters. The molecule has 0 saturated carbocycles. The Hall–Kier alpha value is -1.35. The predicted octanol–water partition coefficient (Wildman–Crippen LogP) is 0.00210. The minimum atomic E-state index is -3.00. The average molecular weight is 377 g/mol. The lowest BCUT2D eigenvalue weighted by Crippen LogP contribution is -2.46. The highest BCUT2D eigenvalue weighted by atomic mass is 32.2. The van der Waals surface area contributed by atoms with E-state index in [9.17, 15) is 13.2 Å². The van der Waals surface area contributed by atoms with Crippen LogP contribution in [-0.4, -0.2) is 83.1 Å². The molecule has 1 rings (SSSR count). The van der Waals surface area contributed by atoms with Crippen molar-refractivity contribution in [3.05, 3.63) is 0 Å². The number of guanidine groups is 1. The van der Waals surface area contributed by atoms with E-state index in [4.69, 9.17) is 4.74 Å². The molecule has 25 heavy (non-hydrogen) atoms. The van der Waals surface area contributed by atoms with E-state index in [-0.39, 0.29) is 30.4 Å². The van der Waals surface area contributed by atoms with Gasteiger partial charge in [0.15, 0.2) is 5.96 Å². The predicted molar refractivity (Wildman–Crippen MR) is 99.5 cm³/mol. The van der Waals surface area contributed by atoms with Crippen LogP contribution in [0.2, 0.25) is 0 Å². The second-order valence-corrected chi connectivity index (χ2v) is 9.05. The van der Waals surface area contributed by atoms with Crippen LogP contribution in [0.1, 0.15) is 32.6 Å². The number of sulfone groups is 1. The third kappa shape index (κ3) is 10.3. The number of carbonyl (C=O) groups is 1. The third-order valence-electron chi connectivity index (χ3n) is 3.95. The number of aliphatic imine (C=N–C) groups is 1. The van der Waals surface area contributed by atoms with Crippen molar-refractivity contribution in [3.63, 3.8) is 0 Å². The minimum Gasteiger partial charge on any atom is -0.376 e. The molecule has 0 radical (unpaired) electrons. The molecular formula is C16H32N4O4S. The van der Waals surface area contributed by atoms with Gasteiger partial charge in [-0.05, 0) is 32.6 Å². The maximum Gasteiger partial charge on any atom is 0.243 e. The minimum absolute atomic E-state index is 0.0344. The van der Waals surface area contributed by atoms with Gasteiger partial charge < -0.3 is 20.3 Å². The van der Waals surface area contributed by atoms with E-state index in [0.717, 1.165) is 25.9 Å². The molecule has 2 N–H and O–H groups in total. The molecular weight excluding hydrogens is 344 g/mol. The first-order valence-electron chi connectivity index (χ1n) is 8.71. The molecule has 0 aromatic carbocycles. The van der Waals surface area contributed by atoms with Crippen LogP contribution in [0.5, 0.6) is 0 Å². The van der Waals surface area contributed by atoms with E-state index in [1.54, 1.807) is 14.1 Å². The Morgan fingerprint density at radius 2 is 2.08 bits per heavy atom. The lowest BCUT2D eigenvalue weighted by atomic mass is 10.1. The lowest BCUT2D eigenvalue weighted by Gasteiger charge is -2.25. The van der Waals surface area contributed by atoms with Crippen LogP contribution in [0, 0.1) is 0 Å². The first kappa shape index (κ1) is 21.7. The van der Waals surface area contributed by atoms with Gasteiger partial charge in [0.2, 0.25) is 5.91 Å². The van der Waals surface area contributed by atoms with E-state index < -0.39 is 9.84 Å². The fraction of sp³-hybridized carbons (Fsp3) is 0.875. The van der Waals surface area contributed by atoms with Crippen LogP contribution >= 0.6 is 0 Å². The molecule has 1 fully saturated rings. The third-order valence-corrected chi connectivity index (χ3v) is 4.92. The van der Waals surface area contributed by atoms with Gasteiger partial charge in [-0.1, -0.05) is 0 Å². The average Bonchev–Trinajstić information content (AvgIpc) is 2.55. The molecule has 9 heteroatoms. The summed E-state index contributed by atoms with van der Waals surface area (Å²) in [6, 6.07) is -0.0808. The van der Waals surface area contributed by atoms with Crippen molar-refractivity contribution in [2.24, 2.45) is 4.99 Å². The standard InChI is InChI=1S/C16H32N4O4S/c1-13(8-10-25(4,22)23)19-16(18-12-15(21)20(2)3)17-11-14-7-5-6-9-24-14/h13-14H,5-12H2,1-4H3,(H2,17,18,19). The Balaban J connectivity index is 2.59. The highest BCUT2D eigenvalue weighted by Crippen LogP contribution is 2.11. The summed E-state index contributed by atoms with van der Waals surface area (Å²) in [5.74, 6) is 0.515. The van der Waals surface area contributed by atoms with Gasteiger partial charge in [-0.2, -0.15) is 0 Å². The summed E-state index contributed by atoms with van der Waals surface area (Å²) < 4.78 is 28.3. The number of nitrogens with zero attached hydrogens (tertiary/aromatic N) is 2. The van der Waals surface area contributed by atoms with Gasteiger partial charge in [0.1, 0.15) is 16.4 Å². The lowest BCUT2D eigenvalue weighted by molar-refractivity contribution is -0.127. The van der Waals surface area contributed by atoms with Gasteiger partial charge in [0.05, 0.1) is 11.9 Å². The topological polar surface area (TPSA) is 100 Å². The zero-order chi connectivity index (χ0) is 18.9. The van der Waals surface area contributed by atoms with E-state index in [2.05, 4.69) is 15.6 Å². The van der Waals surface area contributed by atoms with Crippen molar-refractivity contribution < 1.29 is 17.9 Å². The Morgan fingerprint density at radius 1 is 1.36 bits per heavy atom. The van der Waals surface area contributed by atoms with Crippen molar-refractivity contribution in [2.75, 3.05) is 45.8 Å². The normalized spacial score (nSPS) is 20.0. The summed E-state index contributed by atoms with van der Waals surface area (Å²) in [6.45, 7) is 3.32. The quantitative estimate of drug-likeness (QED) is 0.457. The maximum absolute atomic E-state index is 11.8. The molecule has 0 spiro atoms. The first-order valence-corrected chi connectivity index (χ1v) is 10.8. The summed E-state index contributed by atoms with van der Waals surface area (Å²) in [5, 5.41) is 6.38. The Bertz CT molecular complexity index is 542. The molecule has 1 aliphatic rings. The Labute approximate surface area is 151 Å². The first-order chi connectivity index (χ1) is 11.7. The molecule has 1 amide bonds. The molecule has 1 saturated heterocycles. The highest BCUT2D eigenvalue weighted by molar-refractivity contribution is 7.90. The second-order valence-electron chi connectivity index (χ2n) is 6.79. The van der Waals surface area contributed by atoms with Gasteiger partial charge in [-0.25, -0.2) is 13.4 Å². The van der Waals surface area contributed by atoms with Crippen LogP contribution in [-0.2, 0) is 19.4 Å². The van der Waals surface area contributed by atoms with Crippen molar-refractivity contribution in [3.8, 4) is 0 Å². The van der Waals surface area contributed by atoms with Gasteiger partial charge in [0.25, 0.3) is 0 Å². The summed E-state index contributed by atoms with van der Waals surface area (Å²) in [5.41, 5.74) is 0. The summed E-state index contributed by atoms with van der Waals surface area (Å²) in [4.78, 5) is 17.6. The number of likely N-dealkylation sites (N-methyl/N-ethyl adjacent to an activating group) is 1. The number of hydrogen-bond donors (Lipinski definition) is 2. The molecule has 0 bridgehead atoms. The summed E-state index contributed by atoms with van der Waals surface area (Å²) in [7, 11) is 0.365. The van der Waals surface area contributed by atoms with Crippen molar-refractivity contribution in [1.82, 2.24) is 15.5 Å². The number of ether oxygens (including phenoxy) is 1. The Kier molecular flexibility index (Phi) is 9.20. The molecule has 1 aliphatic heterocycles. The highest BCUT2D eigenvalue weighted by Gasteiger charge is 2.16. The summed E-state index contributed by atoms with van der Waals surface area (Å²) in [6.07, 6.45) is 5.08. The van der Waals surface area contributed by atoms with Crippen molar-refractivity contribution >= 4 is 21.7 Å². The number of carbonyl (C=O) groups excluding carboxylic acids is 1. The van der Waals surface area contributed by atoms with Crippen molar-refractivity contribution in [1.29, 1.82) is 0 Å². The number of hydrogen-bond acceptors (Lipinski definition) is 5. The summed E-state index contributed by atoms with van der Waals surface area (Å²) >= 11 is 0. The molecule has 1 heterocycles. The van der Waals surface area contributed by atoms with Crippen LogP contribution in [0.4, 0.5) is 0 Å². The van der Waals surface area contributed by atoms with Gasteiger partial charge in [-0.15, -0.1) is 0 Å². The van der Waals surface area contributed by atoms with Gasteiger partial charge >= 0.3 is 0 Å². The largest absolute Gasteiger partial charge is 0.376 e. The van der Waals surface area contributed by atoms with E-state index in [1.165, 1.54) is 11.2 Å². The fourth-order valence-corrected chi connectivity index (χ4v) is 3.10. The van der Waals surface area contributed by atoms with Crippen molar-refractivity contribution in [2.45, 2.75) is 44.8 Å². The number of amides is 1. The molecule has 2 unspecified atom stereocenters. The maximum atomic E-state index is 11.8. The van der Waals surface area contributed by atoms with Crippen LogP contribution in [0.25, 0.3) is 0 Å². The number of nitrogens with one attached hydrogen (secondary N) is 2. The van der Waals surface area contributed by atoms with E-state index >= 15 is 0 Å². The van der Waals surface area contributed by atoms with Crippen LogP contribution < -0.4 is 10.6 Å². The molecule has 8 nitrogen and oxygen atoms in total. The van der Waals surface area contributed by atoms with Gasteiger partial charge in [0, 0.05) is 39.5 Å². The Morgan fingerprint density at radius 3 is 2.64 bits per heavy atom. The zero-order valence-corrected chi connectivity index (χ0v) is 16.6. The SMILES string of the molecule is CC(CCS(C)(=O)=O)NC(=NCC(=O)N(C)C)NCC1CCCCO1. The fourth-order valence-electron chi connectivity index (χ4n) is 2.32. The molecule has 0 aromatic heterocycles. The molecule has 0 aromatic rings. The van der Waals surface area contributed by atoms with E-state index in [0.29, 0.717) is 18.9 Å².